The van der Waals surface area contributed by atoms with Crippen LogP contribution in [0.3, 0.4) is 0 Å². The van der Waals surface area contributed by atoms with E-state index in [0.29, 0.717) is 18.6 Å². The minimum absolute atomic E-state index is 0.270. The van der Waals surface area contributed by atoms with E-state index in [1.807, 2.05) is 4.90 Å². The largest absolute Gasteiger partial charge is 0.326 e. The SMILES string of the molecule is CC1CC(N2CNCC2=O)CCN1C. The maximum absolute atomic E-state index is 11.5. The molecule has 0 aromatic rings. The summed E-state index contributed by atoms with van der Waals surface area (Å²) in [7, 11) is 2.16. The fourth-order valence-corrected chi connectivity index (χ4v) is 2.35. The summed E-state index contributed by atoms with van der Waals surface area (Å²) in [6.07, 6.45) is 2.23. The Hall–Kier alpha value is -0.610. The molecule has 2 atom stereocenters. The van der Waals surface area contributed by atoms with Crippen LogP contribution < -0.4 is 5.32 Å². The number of nitrogens with zero attached hydrogens (tertiary/aromatic N) is 2. The van der Waals surface area contributed by atoms with Crippen LogP contribution in [0.5, 0.6) is 0 Å². The molecule has 0 saturated carbocycles. The van der Waals surface area contributed by atoms with Crippen LogP contribution in [0.2, 0.25) is 0 Å². The lowest BCUT2D eigenvalue weighted by molar-refractivity contribution is -0.129. The van der Waals surface area contributed by atoms with Gasteiger partial charge in [-0.2, -0.15) is 0 Å². The lowest BCUT2D eigenvalue weighted by Crippen LogP contribution is -2.48. The molecule has 2 aliphatic rings. The van der Waals surface area contributed by atoms with Gasteiger partial charge in [0, 0.05) is 18.6 Å². The molecule has 0 aliphatic carbocycles. The number of rotatable bonds is 1. The minimum atomic E-state index is 0.270. The number of carbonyl (C=O) groups is 1. The first-order valence-corrected chi connectivity index (χ1v) is 5.39. The second-order valence-electron chi connectivity index (χ2n) is 4.46. The summed E-state index contributed by atoms with van der Waals surface area (Å²) in [5, 5.41) is 3.11. The Morgan fingerprint density at radius 1 is 1.50 bits per heavy atom. The molecule has 2 rings (SSSR count). The zero-order valence-corrected chi connectivity index (χ0v) is 8.99. The number of carbonyl (C=O) groups excluding carboxylic acids is 1. The first kappa shape index (κ1) is 9.93. The molecule has 2 unspecified atom stereocenters. The molecule has 0 aromatic heterocycles. The Morgan fingerprint density at radius 2 is 2.29 bits per heavy atom. The van der Waals surface area contributed by atoms with Crippen LogP contribution in [-0.2, 0) is 4.79 Å². The number of nitrogens with one attached hydrogen (secondary N) is 1. The van der Waals surface area contributed by atoms with Gasteiger partial charge in [-0.15, -0.1) is 0 Å². The molecule has 0 aromatic carbocycles. The van der Waals surface area contributed by atoms with Crippen molar-refractivity contribution in [1.82, 2.24) is 15.1 Å². The van der Waals surface area contributed by atoms with Gasteiger partial charge in [-0.1, -0.05) is 0 Å². The molecule has 2 fully saturated rings. The quantitative estimate of drug-likeness (QED) is 0.635. The second kappa shape index (κ2) is 3.87. The van der Waals surface area contributed by atoms with Gasteiger partial charge in [-0.3, -0.25) is 10.1 Å². The van der Waals surface area contributed by atoms with Crippen molar-refractivity contribution in [1.29, 1.82) is 0 Å². The van der Waals surface area contributed by atoms with E-state index in [1.54, 1.807) is 0 Å². The van der Waals surface area contributed by atoms with Crippen LogP contribution in [0.15, 0.2) is 0 Å². The molecule has 0 radical (unpaired) electrons. The summed E-state index contributed by atoms with van der Waals surface area (Å²) in [6.45, 7) is 4.62. The molecule has 0 spiro atoms. The Labute approximate surface area is 85.2 Å². The molecular weight excluding hydrogens is 178 g/mol. The fourth-order valence-electron chi connectivity index (χ4n) is 2.35. The van der Waals surface area contributed by atoms with E-state index in [9.17, 15) is 4.79 Å². The molecule has 4 nitrogen and oxygen atoms in total. The van der Waals surface area contributed by atoms with Gasteiger partial charge in [0.05, 0.1) is 13.2 Å². The van der Waals surface area contributed by atoms with Gasteiger partial charge in [0.25, 0.3) is 0 Å². The topological polar surface area (TPSA) is 35.6 Å². The highest BCUT2D eigenvalue weighted by Crippen LogP contribution is 2.21. The van der Waals surface area contributed by atoms with Gasteiger partial charge in [0.15, 0.2) is 0 Å². The molecular formula is C10H19N3O. The summed E-state index contributed by atoms with van der Waals surface area (Å²) in [5.41, 5.74) is 0. The third kappa shape index (κ3) is 1.77. The van der Waals surface area contributed by atoms with Crippen LogP contribution in [0.1, 0.15) is 19.8 Å². The van der Waals surface area contributed by atoms with Crippen LogP contribution >= 0.6 is 0 Å². The fraction of sp³-hybridized carbons (Fsp3) is 0.900. The zero-order chi connectivity index (χ0) is 10.1. The molecule has 4 heteroatoms. The molecule has 2 saturated heterocycles. The highest BCUT2D eigenvalue weighted by atomic mass is 16.2. The van der Waals surface area contributed by atoms with E-state index in [4.69, 9.17) is 0 Å². The molecule has 1 N–H and O–H groups in total. The lowest BCUT2D eigenvalue weighted by Gasteiger charge is -2.38. The molecule has 14 heavy (non-hydrogen) atoms. The maximum Gasteiger partial charge on any atom is 0.237 e. The Morgan fingerprint density at radius 3 is 2.86 bits per heavy atom. The number of likely N-dealkylation sites (tertiary alicyclic amines) is 1. The van der Waals surface area contributed by atoms with Gasteiger partial charge < -0.3 is 9.80 Å². The third-order valence-corrected chi connectivity index (χ3v) is 3.50. The van der Waals surface area contributed by atoms with Crippen molar-refractivity contribution in [2.75, 3.05) is 26.8 Å². The van der Waals surface area contributed by atoms with Crippen molar-refractivity contribution in [2.45, 2.75) is 31.8 Å². The van der Waals surface area contributed by atoms with Crippen LogP contribution in [0.25, 0.3) is 0 Å². The van der Waals surface area contributed by atoms with Crippen molar-refractivity contribution >= 4 is 5.91 Å². The van der Waals surface area contributed by atoms with Crippen LogP contribution in [0.4, 0.5) is 0 Å². The smallest absolute Gasteiger partial charge is 0.237 e. The zero-order valence-electron chi connectivity index (χ0n) is 8.99. The average molecular weight is 197 g/mol. The predicted molar refractivity (Wildman–Crippen MR) is 54.8 cm³/mol. The van der Waals surface area contributed by atoms with Gasteiger partial charge in [-0.25, -0.2) is 0 Å². The van der Waals surface area contributed by atoms with E-state index >= 15 is 0 Å². The van der Waals surface area contributed by atoms with Crippen LogP contribution in [0, 0.1) is 0 Å². The molecule has 1 amide bonds. The van der Waals surface area contributed by atoms with E-state index in [1.165, 1.54) is 0 Å². The summed E-state index contributed by atoms with van der Waals surface area (Å²) in [6, 6.07) is 1.06. The monoisotopic (exact) mass is 197 g/mol. The van der Waals surface area contributed by atoms with Gasteiger partial charge in [0.1, 0.15) is 0 Å². The molecule has 2 heterocycles. The Balaban J connectivity index is 1.95. The molecule has 80 valence electrons. The standard InChI is InChI=1S/C10H19N3O/c1-8-5-9(3-4-12(8)2)13-7-11-6-10(13)14/h8-9,11H,3-7H2,1-2H3. The number of amides is 1. The van der Waals surface area contributed by atoms with Crippen molar-refractivity contribution < 1.29 is 4.79 Å². The Bertz CT molecular complexity index is 231. The summed E-state index contributed by atoms with van der Waals surface area (Å²) in [4.78, 5) is 15.9. The number of piperidine rings is 1. The van der Waals surface area contributed by atoms with Crippen molar-refractivity contribution in [3.63, 3.8) is 0 Å². The summed E-state index contributed by atoms with van der Waals surface area (Å²) < 4.78 is 0. The van der Waals surface area contributed by atoms with E-state index in [2.05, 4.69) is 24.2 Å². The second-order valence-corrected chi connectivity index (χ2v) is 4.46. The van der Waals surface area contributed by atoms with Crippen molar-refractivity contribution in [2.24, 2.45) is 0 Å². The third-order valence-electron chi connectivity index (χ3n) is 3.50. The van der Waals surface area contributed by atoms with Crippen molar-refractivity contribution in [3.8, 4) is 0 Å². The van der Waals surface area contributed by atoms with E-state index in [-0.39, 0.29) is 5.91 Å². The highest BCUT2D eigenvalue weighted by molar-refractivity contribution is 5.80. The minimum Gasteiger partial charge on any atom is -0.326 e. The average Bonchev–Trinajstić information content (AvgIpc) is 2.57. The number of hydrogen-bond acceptors (Lipinski definition) is 3. The molecule has 2 aliphatic heterocycles. The highest BCUT2D eigenvalue weighted by Gasteiger charge is 2.32. The summed E-state index contributed by atoms with van der Waals surface area (Å²) in [5.74, 6) is 0.270. The van der Waals surface area contributed by atoms with Gasteiger partial charge >= 0.3 is 0 Å². The maximum atomic E-state index is 11.5. The van der Waals surface area contributed by atoms with Gasteiger partial charge in [0.2, 0.25) is 5.91 Å². The first-order chi connectivity index (χ1) is 6.68. The first-order valence-electron chi connectivity index (χ1n) is 5.39. The van der Waals surface area contributed by atoms with E-state index < -0.39 is 0 Å². The molecule has 0 bridgehead atoms. The van der Waals surface area contributed by atoms with Gasteiger partial charge in [-0.05, 0) is 26.8 Å². The lowest BCUT2D eigenvalue weighted by atomic mass is 9.98. The Kier molecular flexibility index (Phi) is 2.74. The van der Waals surface area contributed by atoms with Crippen LogP contribution in [-0.4, -0.2) is 54.6 Å². The summed E-state index contributed by atoms with van der Waals surface area (Å²) >= 11 is 0. The normalized spacial score (nSPS) is 35.3. The number of hydrogen-bond donors (Lipinski definition) is 1. The van der Waals surface area contributed by atoms with Crippen molar-refractivity contribution in [3.05, 3.63) is 0 Å². The van der Waals surface area contributed by atoms with E-state index in [0.717, 1.165) is 26.1 Å². The predicted octanol–water partition coefficient (Wildman–Crippen LogP) is -0.142.